The van der Waals surface area contributed by atoms with Crippen molar-refractivity contribution < 1.29 is 9.53 Å². The van der Waals surface area contributed by atoms with Gasteiger partial charge in [0, 0.05) is 38.6 Å². The molecule has 0 radical (unpaired) electrons. The van der Waals surface area contributed by atoms with Crippen LogP contribution in [-0.4, -0.2) is 43.5 Å². The Morgan fingerprint density at radius 3 is 2.72 bits per heavy atom. The summed E-state index contributed by atoms with van der Waals surface area (Å²) in [7, 11) is 1.73. The zero-order valence-corrected chi connectivity index (χ0v) is 12.4. The molecule has 1 fully saturated rings. The van der Waals surface area contributed by atoms with Gasteiger partial charge in [-0.15, -0.1) is 0 Å². The van der Waals surface area contributed by atoms with E-state index in [1.807, 2.05) is 0 Å². The predicted octanol–water partition coefficient (Wildman–Crippen LogP) is 2.74. The molecule has 0 amide bonds. The van der Waals surface area contributed by atoms with E-state index in [1.165, 1.54) is 6.42 Å². The maximum Gasteiger partial charge on any atom is 0.137 e. The lowest BCUT2D eigenvalue weighted by atomic mass is 9.79. The van der Waals surface area contributed by atoms with Gasteiger partial charge in [-0.05, 0) is 32.6 Å². The van der Waals surface area contributed by atoms with Gasteiger partial charge in [0.05, 0.1) is 6.61 Å². The maximum absolute atomic E-state index is 12.0. The van der Waals surface area contributed by atoms with Crippen LogP contribution in [0.2, 0.25) is 0 Å². The Balaban J connectivity index is 2.52. The number of hydrogen-bond acceptors (Lipinski definition) is 3. The molecular weight excluding hydrogens is 226 g/mol. The largest absolute Gasteiger partial charge is 0.383 e. The lowest BCUT2D eigenvalue weighted by Crippen LogP contribution is -2.41. The molecule has 3 heteroatoms. The number of Topliss-reactive ketones (excluding diaryl/α,β-unsaturated/α-hetero) is 1. The van der Waals surface area contributed by atoms with E-state index in [0.717, 1.165) is 44.9 Å². The molecule has 0 aromatic heterocycles. The first-order valence-electron chi connectivity index (χ1n) is 7.34. The van der Waals surface area contributed by atoms with Crippen LogP contribution in [0.3, 0.4) is 0 Å². The molecular formula is C15H29NO2. The summed E-state index contributed by atoms with van der Waals surface area (Å²) in [4.78, 5) is 14.4. The first-order chi connectivity index (χ1) is 8.58. The van der Waals surface area contributed by atoms with Crippen molar-refractivity contribution in [2.24, 2.45) is 11.8 Å². The topological polar surface area (TPSA) is 29.5 Å². The standard InChI is InChI=1S/C15H29NO2/c1-5-13-6-7-15(17)14(10-13)11-16(12(2)3)8-9-18-4/h12-14H,5-11H2,1-4H3. The molecule has 2 unspecified atom stereocenters. The smallest absolute Gasteiger partial charge is 0.137 e. The fourth-order valence-corrected chi connectivity index (χ4v) is 2.80. The van der Waals surface area contributed by atoms with Crippen LogP contribution < -0.4 is 0 Å². The first kappa shape index (κ1) is 15.6. The first-order valence-corrected chi connectivity index (χ1v) is 7.34. The van der Waals surface area contributed by atoms with Crippen molar-refractivity contribution in [1.82, 2.24) is 4.90 Å². The number of rotatable bonds is 7. The monoisotopic (exact) mass is 255 g/mol. The van der Waals surface area contributed by atoms with Crippen LogP contribution in [0.15, 0.2) is 0 Å². The van der Waals surface area contributed by atoms with Crippen molar-refractivity contribution in [3.8, 4) is 0 Å². The third-order valence-electron chi connectivity index (χ3n) is 4.22. The van der Waals surface area contributed by atoms with E-state index >= 15 is 0 Å². The molecule has 3 nitrogen and oxygen atoms in total. The Morgan fingerprint density at radius 1 is 1.44 bits per heavy atom. The highest BCUT2D eigenvalue weighted by Crippen LogP contribution is 2.29. The van der Waals surface area contributed by atoms with Crippen LogP contribution in [-0.2, 0) is 9.53 Å². The van der Waals surface area contributed by atoms with E-state index < -0.39 is 0 Å². The Kier molecular flexibility index (Phi) is 6.87. The Morgan fingerprint density at radius 2 is 2.17 bits per heavy atom. The number of nitrogens with zero attached hydrogens (tertiary/aromatic N) is 1. The number of carbonyl (C=O) groups is 1. The molecule has 0 N–H and O–H groups in total. The minimum atomic E-state index is 0.253. The van der Waals surface area contributed by atoms with Crippen molar-refractivity contribution in [2.75, 3.05) is 26.8 Å². The van der Waals surface area contributed by atoms with Gasteiger partial charge < -0.3 is 4.74 Å². The van der Waals surface area contributed by atoms with Crippen LogP contribution in [0.25, 0.3) is 0 Å². The van der Waals surface area contributed by atoms with Crippen molar-refractivity contribution in [3.05, 3.63) is 0 Å². The molecule has 1 aliphatic rings. The SMILES string of the molecule is CCC1CCC(=O)C(CN(CCOC)C(C)C)C1. The third kappa shape index (κ3) is 4.69. The van der Waals surface area contributed by atoms with Crippen molar-refractivity contribution in [3.63, 3.8) is 0 Å². The average molecular weight is 255 g/mol. The van der Waals surface area contributed by atoms with Gasteiger partial charge in [-0.2, -0.15) is 0 Å². The van der Waals surface area contributed by atoms with E-state index in [-0.39, 0.29) is 5.92 Å². The Bertz CT molecular complexity index is 253. The lowest BCUT2D eigenvalue weighted by molar-refractivity contribution is -0.126. The van der Waals surface area contributed by atoms with Crippen LogP contribution in [0.5, 0.6) is 0 Å². The van der Waals surface area contributed by atoms with E-state index in [4.69, 9.17) is 4.74 Å². The minimum Gasteiger partial charge on any atom is -0.383 e. The highest BCUT2D eigenvalue weighted by molar-refractivity contribution is 5.81. The van der Waals surface area contributed by atoms with Crippen molar-refractivity contribution in [2.45, 2.75) is 52.5 Å². The maximum atomic E-state index is 12.0. The molecule has 0 aliphatic heterocycles. The van der Waals surface area contributed by atoms with Gasteiger partial charge in [-0.3, -0.25) is 9.69 Å². The highest BCUT2D eigenvalue weighted by atomic mass is 16.5. The highest BCUT2D eigenvalue weighted by Gasteiger charge is 2.29. The Hall–Kier alpha value is -0.410. The van der Waals surface area contributed by atoms with Gasteiger partial charge >= 0.3 is 0 Å². The molecule has 18 heavy (non-hydrogen) atoms. The number of hydrogen-bond donors (Lipinski definition) is 0. The number of ketones is 1. The quantitative estimate of drug-likeness (QED) is 0.700. The summed E-state index contributed by atoms with van der Waals surface area (Å²) in [6.45, 7) is 9.21. The second-order valence-electron chi connectivity index (χ2n) is 5.79. The normalized spacial score (nSPS) is 25.1. The zero-order chi connectivity index (χ0) is 13.5. The number of carbonyl (C=O) groups excluding carboxylic acids is 1. The fourth-order valence-electron chi connectivity index (χ4n) is 2.80. The summed E-state index contributed by atoms with van der Waals surface area (Å²) in [6, 6.07) is 0.481. The summed E-state index contributed by atoms with van der Waals surface area (Å²) < 4.78 is 5.15. The molecule has 1 saturated carbocycles. The van der Waals surface area contributed by atoms with Gasteiger partial charge in [-0.1, -0.05) is 13.3 Å². The summed E-state index contributed by atoms with van der Waals surface area (Å²) in [5.41, 5.74) is 0. The van der Waals surface area contributed by atoms with E-state index in [0.29, 0.717) is 11.8 Å². The van der Waals surface area contributed by atoms with Gasteiger partial charge in [0.15, 0.2) is 0 Å². The van der Waals surface area contributed by atoms with Gasteiger partial charge in [0.25, 0.3) is 0 Å². The van der Waals surface area contributed by atoms with Gasteiger partial charge in [-0.25, -0.2) is 0 Å². The molecule has 0 spiro atoms. The molecule has 1 rings (SSSR count). The van der Waals surface area contributed by atoms with E-state index in [9.17, 15) is 4.79 Å². The Labute approximate surface area is 112 Å². The second kappa shape index (κ2) is 7.90. The van der Waals surface area contributed by atoms with Crippen LogP contribution in [0.1, 0.15) is 46.5 Å². The van der Waals surface area contributed by atoms with Crippen LogP contribution >= 0.6 is 0 Å². The van der Waals surface area contributed by atoms with Gasteiger partial charge in [0.1, 0.15) is 5.78 Å². The predicted molar refractivity (Wildman–Crippen MR) is 74.7 cm³/mol. The fraction of sp³-hybridized carbons (Fsp3) is 0.933. The summed E-state index contributed by atoms with van der Waals surface area (Å²) in [5.74, 6) is 1.48. The molecule has 106 valence electrons. The molecule has 2 atom stereocenters. The van der Waals surface area contributed by atoms with Gasteiger partial charge in [0.2, 0.25) is 0 Å². The van der Waals surface area contributed by atoms with Crippen LogP contribution in [0.4, 0.5) is 0 Å². The molecule has 0 aromatic carbocycles. The number of ether oxygens (including phenoxy) is 1. The van der Waals surface area contributed by atoms with Crippen LogP contribution in [0, 0.1) is 11.8 Å². The number of methoxy groups -OCH3 is 1. The molecule has 0 saturated heterocycles. The molecule has 0 bridgehead atoms. The average Bonchev–Trinajstić information content (AvgIpc) is 2.36. The van der Waals surface area contributed by atoms with Crippen molar-refractivity contribution >= 4 is 5.78 Å². The molecule has 0 heterocycles. The molecule has 1 aliphatic carbocycles. The second-order valence-corrected chi connectivity index (χ2v) is 5.79. The minimum absolute atomic E-state index is 0.253. The summed E-state index contributed by atoms with van der Waals surface area (Å²) in [6.07, 6.45) is 4.19. The lowest BCUT2D eigenvalue weighted by Gasteiger charge is -2.34. The third-order valence-corrected chi connectivity index (χ3v) is 4.22. The summed E-state index contributed by atoms with van der Waals surface area (Å²) >= 11 is 0. The van der Waals surface area contributed by atoms with E-state index in [2.05, 4.69) is 25.7 Å². The molecule has 0 aromatic rings. The zero-order valence-electron chi connectivity index (χ0n) is 12.4. The van der Waals surface area contributed by atoms with E-state index in [1.54, 1.807) is 7.11 Å². The summed E-state index contributed by atoms with van der Waals surface area (Å²) in [5, 5.41) is 0. The van der Waals surface area contributed by atoms with Crippen molar-refractivity contribution in [1.29, 1.82) is 0 Å².